The van der Waals surface area contributed by atoms with Crippen LogP contribution >= 0.6 is 15.9 Å². The number of sulfonamides is 1. The summed E-state index contributed by atoms with van der Waals surface area (Å²) < 4.78 is 28.9. The Morgan fingerprint density at radius 3 is 2.41 bits per heavy atom. The lowest BCUT2D eigenvalue weighted by molar-refractivity contribution is 0.102. The largest absolute Gasteiger partial charge is 0.487 e. The summed E-state index contributed by atoms with van der Waals surface area (Å²) in [5.41, 5.74) is 1.15. The van der Waals surface area contributed by atoms with Crippen LogP contribution in [-0.4, -0.2) is 19.5 Å². The molecular formula is C15H14BrNO4S. The number of carbonyl (C=O) groups is 1. The van der Waals surface area contributed by atoms with E-state index >= 15 is 0 Å². The topological polar surface area (TPSA) is 86.5 Å². The molecule has 5 nitrogen and oxygen atoms in total. The summed E-state index contributed by atoms with van der Waals surface area (Å²) in [6, 6.07) is 13.5. The Morgan fingerprint density at radius 2 is 1.82 bits per heavy atom. The Bertz CT molecular complexity index is 775. The number of benzene rings is 2. The van der Waals surface area contributed by atoms with Crippen LogP contribution in [0.15, 0.2) is 53.4 Å². The van der Waals surface area contributed by atoms with Crippen LogP contribution in [-0.2, 0) is 16.6 Å². The summed E-state index contributed by atoms with van der Waals surface area (Å²) in [7, 11) is -3.99. The van der Waals surface area contributed by atoms with E-state index in [-0.39, 0.29) is 33.9 Å². The van der Waals surface area contributed by atoms with Crippen molar-refractivity contribution in [1.29, 1.82) is 0 Å². The second-order valence-corrected chi connectivity index (χ2v) is 6.63. The number of nitrogens with two attached hydrogens (primary N) is 1. The van der Waals surface area contributed by atoms with E-state index in [9.17, 15) is 13.2 Å². The minimum atomic E-state index is -3.99. The first-order valence-corrected chi connectivity index (χ1v) is 9.01. The van der Waals surface area contributed by atoms with Crippen LogP contribution in [0.3, 0.4) is 0 Å². The van der Waals surface area contributed by atoms with Crippen LogP contribution < -0.4 is 9.88 Å². The molecule has 0 fully saturated rings. The number of Topliss-reactive ketones (excluding diaryl/α,β-unsaturated/α-hetero) is 1. The molecule has 2 aromatic rings. The Morgan fingerprint density at radius 1 is 1.14 bits per heavy atom. The van der Waals surface area contributed by atoms with Crippen molar-refractivity contribution in [1.82, 2.24) is 0 Å². The van der Waals surface area contributed by atoms with Gasteiger partial charge in [-0.15, -0.1) is 0 Å². The fraction of sp³-hybridized carbons (Fsp3) is 0.133. The Labute approximate surface area is 137 Å². The zero-order valence-corrected chi connectivity index (χ0v) is 13.9. The molecule has 0 atom stereocenters. The highest BCUT2D eigenvalue weighted by molar-refractivity contribution is 9.09. The first kappa shape index (κ1) is 16.7. The lowest BCUT2D eigenvalue weighted by Crippen LogP contribution is -2.15. The molecule has 0 amide bonds. The van der Waals surface area contributed by atoms with Gasteiger partial charge in [0.1, 0.15) is 17.3 Å². The summed E-state index contributed by atoms with van der Waals surface area (Å²) in [6.07, 6.45) is 0. The van der Waals surface area contributed by atoms with Crippen LogP contribution in [0, 0.1) is 0 Å². The average molecular weight is 384 g/mol. The average Bonchev–Trinajstić information content (AvgIpc) is 2.52. The van der Waals surface area contributed by atoms with Gasteiger partial charge < -0.3 is 4.74 Å². The molecule has 2 aromatic carbocycles. The number of hydrogen-bond acceptors (Lipinski definition) is 4. The van der Waals surface area contributed by atoms with E-state index in [0.29, 0.717) is 0 Å². The SMILES string of the molecule is NS(=O)(=O)c1cc(C(=O)CBr)ccc1OCc1ccccc1. The van der Waals surface area contributed by atoms with E-state index in [2.05, 4.69) is 15.9 Å². The van der Waals surface area contributed by atoms with Crippen molar-refractivity contribution in [2.24, 2.45) is 5.14 Å². The minimum absolute atomic E-state index is 0.0985. The highest BCUT2D eigenvalue weighted by Gasteiger charge is 2.18. The second-order valence-electron chi connectivity index (χ2n) is 4.54. The lowest BCUT2D eigenvalue weighted by Gasteiger charge is -2.11. The van der Waals surface area contributed by atoms with E-state index in [1.807, 2.05) is 30.3 Å². The number of halogens is 1. The van der Waals surface area contributed by atoms with Gasteiger partial charge in [0.05, 0.1) is 5.33 Å². The van der Waals surface area contributed by atoms with Gasteiger partial charge in [0, 0.05) is 5.56 Å². The van der Waals surface area contributed by atoms with Gasteiger partial charge in [0.25, 0.3) is 0 Å². The molecule has 0 bridgehead atoms. The van der Waals surface area contributed by atoms with Crippen LogP contribution in [0.1, 0.15) is 15.9 Å². The molecule has 0 aliphatic rings. The van der Waals surface area contributed by atoms with Gasteiger partial charge in [-0.3, -0.25) is 4.79 Å². The van der Waals surface area contributed by atoms with E-state index in [4.69, 9.17) is 9.88 Å². The number of carbonyl (C=O) groups excluding carboxylic acids is 1. The quantitative estimate of drug-likeness (QED) is 0.613. The van der Waals surface area contributed by atoms with Gasteiger partial charge in [0.15, 0.2) is 5.78 Å². The molecule has 116 valence electrons. The van der Waals surface area contributed by atoms with Crippen molar-refractivity contribution in [2.75, 3.05) is 5.33 Å². The molecule has 7 heteroatoms. The standard InChI is InChI=1S/C15H14BrNO4S/c16-9-13(18)12-6-7-14(15(8-12)22(17,19)20)21-10-11-4-2-1-3-5-11/h1-8H,9-10H2,(H2,17,19,20). The molecule has 0 aliphatic carbocycles. The van der Waals surface area contributed by atoms with Gasteiger partial charge >= 0.3 is 0 Å². The zero-order valence-electron chi connectivity index (χ0n) is 11.5. The number of alkyl halides is 1. The van der Waals surface area contributed by atoms with Crippen LogP contribution in [0.4, 0.5) is 0 Å². The second kappa shape index (κ2) is 7.04. The Balaban J connectivity index is 2.32. The van der Waals surface area contributed by atoms with E-state index in [1.165, 1.54) is 18.2 Å². The first-order valence-electron chi connectivity index (χ1n) is 6.34. The molecule has 0 heterocycles. The molecule has 0 unspecified atom stereocenters. The van der Waals surface area contributed by atoms with Crippen LogP contribution in [0.2, 0.25) is 0 Å². The summed E-state index contributed by atoms with van der Waals surface area (Å²) in [6.45, 7) is 0.203. The van der Waals surface area contributed by atoms with Gasteiger partial charge in [-0.1, -0.05) is 46.3 Å². The molecule has 0 spiro atoms. The van der Waals surface area contributed by atoms with Gasteiger partial charge in [-0.25, -0.2) is 13.6 Å². The smallest absolute Gasteiger partial charge is 0.241 e. The molecule has 0 aromatic heterocycles. The fourth-order valence-corrected chi connectivity index (χ4v) is 2.86. The molecular weight excluding hydrogens is 370 g/mol. The predicted molar refractivity (Wildman–Crippen MR) is 86.7 cm³/mol. The van der Waals surface area contributed by atoms with Crippen molar-refractivity contribution < 1.29 is 17.9 Å². The third-order valence-corrected chi connectivity index (χ3v) is 4.37. The first-order chi connectivity index (χ1) is 10.4. The van der Waals surface area contributed by atoms with Gasteiger partial charge in [-0.05, 0) is 23.8 Å². The number of primary sulfonamides is 1. The minimum Gasteiger partial charge on any atom is -0.487 e. The third-order valence-electron chi connectivity index (χ3n) is 2.93. The highest BCUT2D eigenvalue weighted by atomic mass is 79.9. The molecule has 0 radical (unpaired) electrons. The summed E-state index contributed by atoms with van der Waals surface area (Å²) in [5.74, 6) is -0.114. The van der Waals surface area contributed by atoms with Crippen molar-refractivity contribution >= 4 is 31.7 Å². The maximum atomic E-state index is 11.7. The number of ether oxygens (including phenoxy) is 1. The lowest BCUT2D eigenvalue weighted by atomic mass is 10.1. The molecule has 0 saturated heterocycles. The van der Waals surface area contributed by atoms with E-state index < -0.39 is 10.0 Å². The predicted octanol–water partition coefficient (Wildman–Crippen LogP) is 2.49. The molecule has 2 N–H and O–H groups in total. The third kappa shape index (κ3) is 4.16. The monoisotopic (exact) mass is 383 g/mol. The van der Waals surface area contributed by atoms with Crippen molar-refractivity contribution in [3.8, 4) is 5.75 Å². The van der Waals surface area contributed by atoms with Crippen molar-refractivity contribution in [3.63, 3.8) is 0 Å². The molecule has 0 saturated carbocycles. The van der Waals surface area contributed by atoms with Gasteiger partial charge in [-0.2, -0.15) is 0 Å². The Hall–Kier alpha value is -1.70. The number of ketones is 1. The molecule has 22 heavy (non-hydrogen) atoms. The summed E-state index contributed by atoms with van der Waals surface area (Å²) in [5, 5.41) is 5.30. The number of hydrogen-bond donors (Lipinski definition) is 1. The maximum absolute atomic E-state index is 11.7. The Kier molecular flexibility index (Phi) is 5.33. The normalized spacial score (nSPS) is 11.2. The number of rotatable bonds is 6. The summed E-state index contributed by atoms with van der Waals surface area (Å²) >= 11 is 3.04. The maximum Gasteiger partial charge on any atom is 0.241 e. The van der Waals surface area contributed by atoms with Gasteiger partial charge in [0.2, 0.25) is 10.0 Å². The van der Waals surface area contributed by atoms with Crippen molar-refractivity contribution in [2.45, 2.75) is 11.5 Å². The summed E-state index contributed by atoms with van der Waals surface area (Å²) in [4.78, 5) is 11.5. The van der Waals surface area contributed by atoms with Crippen LogP contribution in [0.25, 0.3) is 0 Å². The highest BCUT2D eigenvalue weighted by Crippen LogP contribution is 2.25. The van der Waals surface area contributed by atoms with E-state index in [1.54, 1.807) is 0 Å². The molecule has 0 aliphatic heterocycles. The molecule has 2 rings (SSSR count). The van der Waals surface area contributed by atoms with Crippen LogP contribution in [0.5, 0.6) is 5.75 Å². The van der Waals surface area contributed by atoms with Crippen molar-refractivity contribution in [3.05, 3.63) is 59.7 Å². The fourth-order valence-electron chi connectivity index (χ4n) is 1.84. The van der Waals surface area contributed by atoms with E-state index in [0.717, 1.165) is 5.56 Å². The zero-order chi connectivity index (χ0) is 16.2.